The second-order valence-corrected chi connectivity index (χ2v) is 6.73. The van der Waals surface area contributed by atoms with Gasteiger partial charge in [0, 0.05) is 24.7 Å². The average Bonchev–Trinajstić information content (AvgIpc) is 2.45. The van der Waals surface area contributed by atoms with Crippen LogP contribution in [0.15, 0.2) is 18.2 Å². The highest BCUT2D eigenvalue weighted by molar-refractivity contribution is 6.31. The Morgan fingerprint density at radius 1 is 1.41 bits per heavy atom. The first-order valence-corrected chi connectivity index (χ1v) is 7.72. The van der Waals surface area contributed by atoms with Crippen LogP contribution in [0.25, 0.3) is 0 Å². The Morgan fingerprint density at radius 3 is 2.73 bits per heavy atom. The molecule has 0 radical (unpaired) electrons. The number of benzene rings is 1. The lowest BCUT2D eigenvalue weighted by molar-refractivity contribution is 0.0195. The van der Waals surface area contributed by atoms with Gasteiger partial charge in [-0.25, -0.2) is 4.79 Å². The van der Waals surface area contributed by atoms with Crippen molar-refractivity contribution in [3.05, 3.63) is 28.8 Å². The van der Waals surface area contributed by atoms with Crippen LogP contribution in [0.1, 0.15) is 32.4 Å². The lowest BCUT2D eigenvalue weighted by Crippen LogP contribution is -2.49. The van der Waals surface area contributed by atoms with Gasteiger partial charge in [-0.05, 0) is 38.5 Å². The van der Waals surface area contributed by atoms with Crippen molar-refractivity contribution in [2.45, 2.75) is 32.4 Å². The number of hydrogen-bond acceptors (Lipinski definition) is 4. The van der Waals surface area contributed by atoms with Gasteiger partial charge in [-0.3, -0.25) is 0 Å². The van der Waals surface area contributed by atoms with Crippen LogP contribution in [-0.4, -0.2) is 43.3 Å². The minimum absolute atomic E-state index is 0.0142. The molecule has 1 unspecified atom stereocenters. The summed E-state index contributed by atoms with van der Waals surface area (Å²) >= 11 is 6.32. The van der Waals surface area contributed by atoms with Crippen molar-refractivity contribution in [3.63, 3.8) is 0 Å². The number of piperazine rings is 1. The summed E-state index contributed by atoms with van der Waals surface area (Å²) in [6.45, 7) is 7.45. The third kappa shape index (κ3) is 4.27. The standard InChI is InChI=1S/C16H23ClN2O3/c1-16(2,3)22-15(20)19-8-7-18-14(10-19)12-6-5-11(21-4)9-13(12)17/h5-6,9,14,18H,7-8,10H2,1-4H3. The maximum atomic E-state index is 12.2. The van der Waals surface area contributed by atoms with Crippen molar-refractivity contribution in [3.8, 4) is 5.75 Å². The van der Waals surface area contributed by atoms with Crippen LogP contribution >= 0.6 is 11.6 Å². The molecule has 22 heavy (non-hydrogen) atoms. The molecule has 0 aromatic heterocycles. The Labute approximate surface area is 136 Å². The van der Waals surface area contributed by atoms with Crippen LogP contribution in [0, 0.1) is 0 Å². The van der Waals surface area contributed by atoms with Crippen molar-refractivity contribution in [2.24, 2.45) is 0 Å². The second-order valence-electron chi connectivity index (χ2n) is 6.32. The van der Waals surface area contributed by atoms with Crippen molar-refractivity contribution in [2.75, 3.05) is 26.7 Å². The van der Waals surface area contributed by atoms with Crippen molar-refractivity contribution < 1.29 is 14.3 Å². The predicted molar refractivity (Wildman–Crippen MR) is 86.6 cm³/mol. The Morgan fingerprint density at radius 2 is 2.14 bits per heavy atom. The fourth-order valence-electron chi connectivity index (χ4n) is 2.37. The molecule has 1 aliphatic rings. The minimum atomic E-state index is -0.491. The zero-order valence-electron chi connectivity index (χ0n) is 13.5. The number of methoxy groups -OCH3 is 1. The molecule has 1 heterocycles. The van der Waals surface area contributed by atoms with Gasteiger partial charge in [-0.1, -0.05) is 17.7 Å². The van der Waals surface area contributed by atoms with E-state index < -0.39 is 5.60 Å². The van der Waals surface area contributed by atoms with E-state index in [0.717, 1.165) is 5.56 Å². The first-order valence-electron chi connectivity index (χ1n) is 7.35. The molecule has 0 bridgehead atoms. The van der Waals surface area contributed by atoms with Crippen LogP contribution in [0.2, 0.25) is 5.02 Å². The fourth-order valence-corrected chi connectivity index (χ4v) is 2.67. The molecule has 1 atom stereocenters. The molecule has 5 nitrogen and oxygen atoms in total. The molecule has 1 aliphatic heterocycles. The van der Waals surface area contributed by atoms with Gasteiger partial charge in [0.25, 0.3) is 0 Å². The summed E-state index contributed by atoms with van der Waals surface area (Å²) in [4.78, 5) is 13.9. The molecule has 2 rings (SSSR count). The van der Waals surface area contributed by atoms with E-state index in [1.807, 2.05) is 32.9 Å². The van der Waals surface area contributed by atoms with E-state index in [1.165, 1.54) is 0 Å². The molecule has 0 saturated carbocycles. The maximum Gasteiger partial charge on any atom is 0.410 e. The molecule has 122 valence electrons. The number of halogens is 1. The molecule has 1 amide bonds. The maximum absolute atomic E-state index is 12.2. The minimum Gasteiger partial charge on any atom is -0.497 e. The quantitative estimate of drug-likeness (QED) is 0.906. The smallest absolute Gasteiger partial charge is 0.410 e. The highest BCUT2D eigenvalue weighted by Gasteiger charge is 2.28. The lowest BCUT2D eigenvalue weighted by atomic mass is 10.0. The van der Waals surface area contributed by atoms with Gasteiger partial charge in [-0.2, -0.15) is 0 Å². The van der Waals surface area contributed by atoms with E-state index in [9.17, 15) is 4.79 Å². The molecule has 1 N–H and O–H groups in total. The fraction of sp³-hybridized carbons (Fsp3) is 0.562. The van der Waals surface area contributed by atoms with Crippen molar-refractivity contribution >= 4 is 17.7 Å². The first-order chi connectivity index (χ1) is 10.3. The van der Waals surface area contributed by atoms with E-state index in [0.29, 0.717) is 30.4 Å². The number of nitrogens with zero attached hydrogens (tertiary/aromatic N) is 1. The summed E-state index contributed by atoms with van der Waals surface area (Å²) in [5.41, 5.74) is 0.464. The monoisotopic (exact) mass is 326 g/mol. The van der Waals surface area contributed by atoms with Crippen LogP contribution in [0.5, 0.6) is 5.75 Å². The van der Waals surface area contributed by atoms with E-state index in [1.54, 1.807) is 18.1 Å². The summed E-state index contributed by atoms with van der Waals surface area (Å²) in [7, 11) is 1.61. The summed E-state index contributed by atoms with van der Waals surface area (Å²) in [6.07, 6.45) is -0.288. The molecular weight excluding hydrogens is 304 g/mol. The number of carbonyl (C=O) groups is 1. The highest BCUT2D eigenvalue weighted by atomic mass is 35.5. The summed E-state index contributed by atoms with van der Waals surface area (Å²) in [6, 6.07) is 5.57. The molecule has 1 fully saturated rings. The Balaban J connectivity index is 2.09. The van der Waals surface area contributed by atoms with Crippen molar-refractivity contribution in [1.29, 1.82) is 0 Å². The molecule has 1 saturated heterocycles. The van der Waals surface area contributed by atoms with E-state index >= 15 is 0 Å². The van der Waals surface area contributed by atoms with Crippen LogP contribution in [-0.2, 0) is 4.74 Å². The van der Waals surface area contributed by atoms with Gasteiger partial charge in [-0.15, -0.1) is 0 Å². The van der Waals surface area contributed by atoms with Gasteiger partial charge >= 0.3 is 6.09 Å². The third-order valence-electron chi connectivity index (χ3n) is 3.41. The number of amides is 1. The number of hydrogen-bond donors (Lipinski definition) is 1. The van der Waals surface area contributed by atoms with E-state index in [2.05, 4.69) is 5.32 Å². The van der Waals surface area contributed by atoms with Gasteiger partial charge in [0.05, 0.1) is 13.2 Å². The van der Waals surface area contributed by atoms with Crippen LogP contribution in [0.4, 0.5) is 4.79 Å². The average molecular weight is 327 g/mol. The molecule has 6 heteroatoms. The van der Waals surface area contributed by atoms with Crippen molar-refractivity contribution in [1.82, 2.24) is 10.2 Å². The van der Waals surface area contributed by atoms with Gasteiger partial charge in [0.1, 0.15) is 11.4 Å². The largest absolute Gasteiger partial charge is 0.497 e. The third-order valence-corrected chi connectivity index (χ3v) is 3.74. The number of rotatable bonds is 2. The van der Waals surface area contributed by atoms with E-state index in [4.69, 9.17) is 21.1 Å². The Bertz CT molecular complexity index is 543. The summed E-state index contributed by atoms with van der Waals surface area (Å²) in [5.74, 6) is 0.716. The zero-order valence-corrected chi connectivity index (χ0v) is 14.2. The lowest BCUT2D eigenvalue weighted by Gasteiger charge is -2.35. The second kappa shape index (κ2) is 6.75. The molecular formula is C16H23ClN2O3. The van der Waals surface area contributed by atoms with E-state index in [-0.39, 0.29) is 12.1 Å². The highest BCUT2D eigenvalue weighted by Crippen LogP contribution is 2.29. The molecule has 1 aromatic carbocycles. The van der Waals surface area contributed by atoms with Crippen LogP contribution in [0.3, 0.4) is 0 Å². The Hall–Kier alpha value is -1.46. The summed E-state index contributed by atoms with van der Waals surface area (Å²) < 4.78 is 10.6. The topological polar surface area (TPSA) is 50.8 Å². The van der Waals surface area contributed by atoms with Gasteiger partial charge in [0.2, 0.25) is 0 Å². The molecule has 1 aromatic rings. The van der Waals surface area contributed by atoms with Crippen LogP contribution < -0.4 is 10.1 Å². The Kier molecular flexibility index (Phi) is 5.19. The number of carbonyl (C=O) groups excluding carboxylic acids is 1. The van der Waals surface area contributed by atoms with Gasteiger partial charge < -0.3 is 19.7 Å². The van der Waals surface area contributed by atoms with Gasteiger partial charge in [0.15, 0.2) is 0 Å². The summed E-state index contributed by atoms with van der Waals surface area (Å²) in [5, 5.41) is 4.01. The normalized spacial score (nSPS) is 19.0. The first kappa shape index (κ1) is 16.9. The predicted octanol–water partition coefficient (Wildman–Crippen LogP) is 3.23. The number of nitrogens with one attached hydrogen (secondary N) is 1. The molecule has 0 aliphatic carbocycles. The SMILES string of the molecule is COc1ccc(C2CN(C(=O)OC(C)(C)C)CCN2)c(Cl)c1. The molecule has 0 spiro atoms. The zero-order chi connectivity index (χ0) is 16.3. The number of ether oxygens (including phenoxy) is 2.